The SMILES string of the molecule is CCNC(=NCCCCOc1ccccc1)N1CCC(C(=O)OC)CC1. The monoisotopic (exact) mass is 361 g/mol. The van der Waals surface area contributed by atoms with Crippen LogP contribution < -0.4 is 10.1 Å². The number of para-hydroxylation sites is 1. The van der Waals surface area contributed by atoms with Crippen LogP contribution in [-0.2, 0) is 9.53 Å². The van der Waals surface area contributed by atoms with Gasteiger partial charge in [0.25, 0.3) is 0 Å². The predicted octanol–water partition coefficient (Wildman–Crippen LogP) is 2.70. The number of aliphatic imine (C=N–C) groups is 1. The molecule has 0 unspecified atom stereocenters. The van der Waals surface area contributed by atoms with E-state index in [1.165, 1.54) is 7.11 Å². The second kappa shape index (κ2) is 11.4. The number of hydrogen-bond acceptors (Lipinski definition) is 4. The molecule has 0 aromatic heterocycles. The lowest BCUT2D eigenvalue weighted by molar-refractivity contribution is -0.146. The Morgan fingerprint density at radius 3 is 2.62 bits per heavy atom. The number of methoxy groups -OCH3 is 1. The van der Waals surface area contributed by atoms with Gasteiger partial charge >= 0.3 is 5.97 Å². The zero-order valence-electron chi connectivity index (χ0n) is 15.9. The van der Waals surface area contributed by atoms with Gasteiger partial charge in [-0.15, -0.1) is 0 Å². The molecule has 1 N–H and O–H groups in total. The Hall–Kier alpha value is -2.24. The normalized spacial score (nSPS) is 15.6. The minimum absolute atomic E-state index is 0.0225. The van der Waals surface area contributed by atoms with Gasteiger partial charge in [0, 0.05) is 26.2 Å². The fraction of sp³-hybridized carbons (Fsp3) is 0.600. The average Bonchev–Trinajstić information content (AvgIpc) is 2.70. The highest BCUT2D eigenvalue weighted by atomic mass is 16.5. The van der Waals surface area contributed by atoms with Crippen LogP contribution in [0, 0.1) is 5.92 Å². The number of nitrogens with zero attached hydrogens (tertiary/aromatic N) is 2. The first-order valence-corrected chi connectivity index (χ1v) is 9.53. The van der Waals surface area contributed by atoms with Crippen molar-refractivity contribution in [2.45, 2.75) is 32.6 Å². The van der Waals surface area contributed by atoms with Crippen LogP contribution in [0.4, 0.5) is 0 Å². The average molecular weight is 361 g/mol. The van der Waals surface area contributed by atoms with Crippen molar-refractivity contribution in [3.05, 3.63) is 30.3 Å². The van der Waals surface area contributed by atoms with Gasteiger partial charge in [0.1, 0.15) is 5.75 Å². The summed E-state index contributed by atoms with van der Waals surface area (Å²) in [6.45, 7) is 6.07. The largest absolute Gasteiger partial charge is 0.494 e. The molecule has 0 aliphatic carbocycles. The number of carbonyl (C=O) groups is 1. The second-order valence-corrected chi connectivity index (χ2v) is 6.39. The lowest BCUT2D eigenvalue weighted by Crippen LogP contribution is -2.46. The smallest absolute Gasteiger partial charge is 0.308 e. The predicted molar refractivity (Wildman–Crippen MR) is 103 cm³/mol. The highest BCUT2D eigenvalue weighted by Gasteiger charge is 2.26. The number of unbranched alkanes of at least 4 members (excludes halogenated alkanes) is 1. The molecule has 0 amide bonds. The van der Waals surface area contributed by atoms with Gasteiger partial charge in [-0.3, -0.25) is 9.79 Å². The maximum absolute atomic E-state index is 11.6. The Bertz CT molecular complexity index is 555. The lowest BCUT2D eigenvalue weighted by atomic mass is 9.97. The van der Waals surface area contributed by atoms with E-state index in [9.17, 15) is 4.79 Å². The van der Waals surface area contributed by atoms with E-state index < -0.39 is 0 Å². The van der Waals surface area contributed by atoms with Crippen molar-refractivity contribution in [1.82, 2.24) is 10.2 Å². The number of likely N-dealkylation sites (tertiary alicyclic amines) is 1. The maximum Gasteiger partial charge on any atom is 0.308 e. The highest BCUT2D eigenvalue weighted by Crippen LogP contribution is 2.18. The summed E-state index contributed by atoms with van der Waals surface area (Å²) < 4.78 is 10.6. The number of rotatable bonds is 8. The summed E-state index contributed by atoms with van der Waals surface area (Å²) in [6, 6.07) is 9.88. The van der Waals surface area contributed by atoms with Crippen molar-refractivity contribution in [3.8, 4) is 5.75 Å². The van der Waals surface area contributed by atoms with E-state index in [4.69, 9.17) is 14.5 Å². The van der Waals surface area contributed by atoms with E-state index in [-0.39, 0.29) is 11.9 Å². The summed E-state index contributed by atoms with van der Waals surface area (Å²) in [7, 11) is 1.46. The van der Waals surface area contributed by atoms with Gasteiger partial charge in [0.05, 0.1) is 19.6 Å². The Morgan fingerprint density at radius 2 is 1.96 bits per heavy atom. The molecule has 6 nitrogen and oxygen atoms in total. The molecule has 0 atom stereocenters. The van der Waals surface area contributed by atoms with Gasteiger partial charge in [0.15, 0.2) is 5.96 Å². The van der Waals surface area contributed by atoms with Crippen LogP contribution in [0.3, 0.4) is 0 Å². The van der Waals surface area contributed by atoms with Gasteiger partial charge < -0.3 is 19.7 Å². The number of esters is 1. The molecule has 6 heteroatoms. The molecular formula is C20H31N3O3. The Morgan fingerprint density at radius 1 is 1.23 bits per heavy atom. The molecule has 0 spiro atoms. The number of ether oxygens (including phenoxy) is 2. The molecule has 1 saturated heterocycles. The van der Waals surface area contributed by atoms with Crippen molar-refractivity contribution in [2.75, 3.05) is 39.9 Å². The molecule has 0 radical (unpaired) electrons. The first-order chi connectivity index (χ1) is 12.7. The number of hydrogen-bond donors (Lipinski definition) is 1. The summed E-state index contributed by atoms with van der Waals surface area (Å²) in [4.78, 5) is 18.6. The first-order valence-electron chi connectivity index (χ1n) is 9.53. The van der Waals surface area contributed by atoms with Crippen molar-refractivity contribution in [3.63, 3.8) is 0 Å². The Balaban J connectivity index is 1.70. The van der Waals surface area contributed by atoms with Crippen molar-refractivity contribution in [1.29, 1.82) is 0 Å². The Labute approximate surface area is 156 Å². The van der Waals surface area contributed by atoms with E-state index in [0.717, 1.165) is 63.6 Å². The number of benzene rings is 1. The molecule has 1 heterocycles. The van der Waals surface area contributed by atoms with Crippen LogP contribution in [0.2, 0.25) is 0 Å². The molecule has 2 rings (SSSR count). The van der Waals surface area contributed by atoms with Gasteiger partial charge in [-0.1, -0.05) is 18.2 Å². The van der Waals surface area contributed by atoms with Gasteiger partial charge in [-0.25, -0.2) is 0 Å². The van der Waals surface area contributed by atoms with E-state index in [0.29, 0.717) is 6.61 Å². The quantitative estimate of drug-likeness (QED) is 0.334. The third-order valence-corrected chi connectivity index (χ3v) is 4.49. The number of carbonyl (C=O) groups excluding carboxylic acids is 1. The van der Waals surface area contributed by atoms with E-state index in [1.54, 1.807) is 0 Å². The minimum Gasteiger partial charge on any atom is -0.494 e. The topological polar surface area (TPSA) is 63.2 Å². The molecule has 1 aromatic rings. The molecule has 1 aliphatic heterocycles. The molecule has 1 aromatic carbocycles. The summed E-state index contributed by atoms with van der Waals surface area (Å²) in [5.41, 5.74) is 0. The highest BCUT2D eigenvalue weighted by molar-refractivity contribution is 5.80. The molecule has 0 bridgehead atoms. The van der Waals surface area contributed by atoms with Crippen molar-refractivity contribution < 1.29 is 14.3 Å². The van der Waals surface area contributed by atoms with Gasteiger partial charge in [-0.2, -0.15) is 0 Å². The third-order valence-electron chi connectivity index (χ3n) is 4.49. The van der Waals surface area contributed by atoms with Crippen LogP contribution in [0.25, 0.3) is 0 Å². The summed E-state index contributed by atoms with van der Waals surface area (Å²) >= 11 is 0. The van der Waals surface area contributed by atoms with Crippen LogP contribution in [-0.4, -0.2) is 56.7 Å². The third kappa shape index (κ3) is 6.58. The summed E-state index contributed by atoms with van der Waals surface area (Å²) in [5, 5.41) is 3.36. The second-order valence-electron chi connectivity index (χ2n) is 6.39. The molecule has 0 saturated carbocycles. The lowest BCUT2D eigenvalue weighted by Gasteiger charge is -2.33. The molecule has 1 aliphatic rings. The van der Waals surface area contributed by atoms with E-state index in [2.05, 4.69) is 17.1 Å². The standard InChI is InChI=1S/C20H31N3O3/c1-3-21-20(23-14-11-17(12-15-23)19(24)25-2)22-13-7-8-16-26-18-9-5-4-6-10-18/h4-6,9-10,17H,3,7-8,11-16H2,1-2H3,(H,21,22). The fourth-order valence-corrected chi connectivity index (χ4v) is 3.03. The number of piperidine rings is 1. The van der Waals surface area contributed by atoms with Crippen molar-refractivity contribution in [2.24, 2.45) is 10.9 Å². The summed E-state index contributed by atoms with van der Waals surface area (Å²) in [5.74, 6) is 1.79. The van der Waals surface area contributed by atoms with Crippen LogP contribution in [0.15, 0.2) is 35.3 Å². The molecule has 26 heavy (non-hydrogen) atoms. The number of nitrogens with one attached hydrogen (secondary N) is 1. The van der Waals surface area contributed by atoms with Crippen LogP contribution in [0.1, 0.15) is 32.6 Å². The van der Waals surface area contributed by atoms with Crippen molar-refractivity contribution >= 4 is 11.9 Å². The molecule has 1 fully saturated rings. The zero-order valence-corrected chi connectivity index (χ0v) is 15.9. The molecule has 144 valence electrons. The number of guanidine groups is 1. The fourth-order valence-electron chi connectivity index (χ4n) is 3.03. The Kier molecular flexibility index (Phi) is 8.79. The zero-order chi connectivity index (χ0) is 18.6. The van der Waals surface area contributed by atoms with E-state index >= 15 is 0 Å². The van der Waals surface area contributed by atoms with Gasteiger partial charge in [-0.05, 0) is 44.7 Å². The minimum atomic E-state index is -0.0926. The first kappa shape index (κ1) is 20.1. The summed E-state index contributed by atoms with van der Waals surface area (Å²) in [6.07, 6.45) is 3.60. The maximum atomic E-state index is 11.6. The van der Waals surface area contributed by atoms with Crippen LogP contribution >= 0.6 is 0 Å². The molecular weight excluding hydrogens is 330 g/mol. The van der Waals surface area contributed by atoms with E-state index in [1.807, 2.05) is 30.3 Å². The van der Waals surface area contributed by atoms with Gasteiger partial charge in [0.2, 0.25) is 0 Å². The van der Waals surface area contributed by atoms with Crippen LogP contribution in [0.5, 0.6) is 5.75 Å².